The van der Waals surface area contributed by atoms with Crippen molar-refractivity contribution >= 4 is 5.78 Å². The van der Waals surface area contributed by atoms with Crippen LogP contribution < -0.4 is 5.73 Å². The van der Waals surface area contributed by atoms with Gasteiger partial charge in [0, 0.05) is 25.0 Å². The lowest BCUT2D eigenvalue weighted by atomic mass is 9.87. The molecule has 0 aliphatic rings. The first kappa shape index (κ1) is 11.6. The van der Waals surface area contributed by atoms with Crippen LogP contribution >= 0.6 is 0 Å². The molecule has 0 amide bonds. The van der Waals surface area contributed by atoms with Crippen molar-refractivity contribution in [1.29, 1.82) is 0 Å². The number of hydrogen-bond acceptors (Lipinski definition) is 3. The summed E-state index contributed by atoms with van der Waals surface area (Å²) >= 11 is 0. The maximum absolute atomic E-state index is 11.4. The normalized spacial score (nSPS) is 14.4. The third-order valence-corrected chi connectivity index (χ3v) is 1.66. The molecule has 12 heavy (non-hydrogen) atoms. The lowest BCUT2D eigenvalue weighted by Crippen LogP contribution is -2.33. The number of carbonyl (C=O) groups is 1. The molecule has 1 unspecified atom stereocenters. The molecule has 0 radical (unpaired) electrons. The smallest absolute Gasteiger partial charge is 0.139 e. The number of nitrogens with two attached hydrogens (primary N) is 1. The number of ether oxygens (including phenoxy) is 1. The minimum Gasteiger partial charge on any atom is -0.383 e. The van der Waals surface area contributed by atoms with E-state index in [0.717, 1.165) is 0 Å². The fourth-order valence-electron chi connectivity index (χ4n) is 0.817. The van der Waals surface area contributed by atoms with E-state index in [4.69, 9.17) is 10.5 Å². The Labute approximate surface area is 74.3 Å². The second-order valence-corrected chi connectivity index (χ2v) is 4.09. The minimum absolute atomic E-state index is 0.165. The van der Waals surface area contributed by atoms with E-state index in [1.165, 1.54) is 0 Å². The zero-order valence-electron chi connectivity index (χ0n) is 8.39. The lowest BCUT2D eigenvalue weighted by molar-refractivity contribution is -0.126. The molecule has 3 heteroatoms. The SMILES string of the molecule is COCC(N)CC(=O)C(C)(C)C. The third kappa shape index (κ3) is 4.46. The Hall–Kier alpha value is -0.410. The Morgan fingerprint density at radius 2 is 2.00 bits per heavy atom. The van der Waals surface area contributed by atoms with Crippen molar-refractivity contribution in [3.05, 3.63) is 0 Å². The molecule has 0 fully saturated rings. The van der Waals surface area contributed by atoms with E-state index < -0.39 is 0 Å². The van der Waals surface area contributed by atoms with E-state index in [9.17, 15) is 4.79 Å². The van der Waals surface area contributed by atoms with E-state index in [0.29, 0.717) is 13.0 Å². The van der Waals surface area contributed by atoms with Crippen LogP contribution in [0.4, 0.5) is 0 Å². The van der Waals surface area contributed by atoms with Gasteiger partial charge in [-0.2, -0.15) is 0 Å². The highest BCUT2D eigenvalue weighted by atomic mass is 16.5. The van der Waals surface area contributed by atoms with Gasteiger partial charge in [-0.25, -0.2) is 0 Å². The molecule has 0 rings (SSSR count). The highest BCUT2D eigenvalue weighted by molar-refractivity contribution is 5.84. The van der Waals surface area contributed by atoms with Gasteiger partial charge in [-0.15, -0.1) is 0 Å². The summed E-state index contributed by atoms with van der Waals surface area (Å²) in [6, 6.07) is -0.165. The number of carbonyl (C=O) groups excluding carboxylic acids is 1. The maximum Gasteiger partial charge on any atom is 0.139 e. The van der Waals surface area contributed by atoms with Gasteiger partial charge in [-0.05, 0) is 0 Å². The highest BCUT2D eigenvalue weighted by Crippen LogP contribution is 2.17. The van der Waals surface area contributed by atoms with Gasteiger partial charge in [0.2, 0.25) is 0 Å². The van der Waals surface area contributed by atoms with Crippen LogP contribution in [0.25, 0.3) is 0 Å². The highest BCUT2D eigenvalue weighted by Gasteiger charge is 2.22. The summed E-state index contributed by atoms with van der Waals surface area (Å²) in [7, 11) is 1.58. The van der Waals surface area contributed by atoms with Gasteiger partial charge in [-0.3, -0.25) is 4.79 Å². The molecule has 0 bridgehead atoms. The number of methoxy groups -OCH3 is 1. The molecular weight excluding hydrogens is 154 g/mol. The summed E-state index contributed by atoms with van der Waals surface area (Å²) < 4.78 is 4.84. The molecule has 0 spiro atoms. The second-order valence-electron chi connectivity index (χ2n) is 4.09. The Morgan fingerprint density at radius 1 is 1.50 bits per heavy atom. The molecule has 1 atom stereocenters. The van der Waals surface area contributed by atoms with Gasteiger partial charge in [0.25, 0.3) is 0 Å². The largest absolute Gasteiger partial charge is 0.383 e. The Balaban J connectivity index is 3.85. The predicted octanol–water partition coefficient (Wildman–Crippen LogP) is 0.965. The first-order valence-electron chi connectivity index (χ1n) is 4.15. The fourth-order valence-corrected chi connectivity index (χ4v) is 0.817. The molecular formula is C9H19NO2. The Kier molecular flexibility index (Phi) is 4.42. The zero-order chi connectivity index (χ0) is 9.78. The van der Waals surface area contributed by atoms with Crippen molar-refractivity contribution in [2.45, 2.75) is 33.2 Å². The van der Waals surface area contributed by atoms with Crippen molar-refractivity contribution < 1.29 is 9.53 Å². The van der Waals surface area contributed by atoms with E-state index >= 15 is 0 Å². The predicted molar refractivity (Wildman–Crippen MR) is 48.9 cm³/mol. The van der Waals surface area contributed by atoms with Crippen LogP contribution in [0.1, 0.15) is 27.2 Å². The van der Waals surface area contributed by atoms with Crippen molar-refractivity contribution in [2.75, 3.05) is 13.7 Å². The van der Waals surface area contributed by atoms with Crippen LogP contribution in [0, 0.1) is 5.41 Å². The summed E-state index contributed by atoms with van der Waals surface area (Å²) in [6.07, 6.45) is 0.400. The van der Waals surface area contributed by atoms with Gasteiger partial charge < -0.3 is 10.5 Å². The van der Waals surface area contributed by atoms with Crippen LogP contribution in [0.5, 0.6) is 0 Å². The summed E-state index contributed by atoms with van der Waals surface area (Å²) in [6.45, 7) is 6.14. The summed E-state index contributed by atoms with van der Waals surface area (Å²) in [4.78, 5) is 11.4. The van der Waals surface area contributed by atoms with Crippen molar-refractivity contribution in [2.24, 2.45) is 11.1 Å². The van der Waals surface area contributed by atoms with Crippen LogP contribution in [0.2, 0.25) is 0 Å². The number of hydrogen-bond donors (Lipinski definition) is 1. The van der Waals surface area contributed by atoms with Gasteiger partial charge >= 0.3 is 0 Å². The van der Waals surface area contributed by atoms with Crippen LogP contribution in [0.15, 0.2) is 0 Å². The first-order valence-corrected chi connectivity index (χ1v) is 4.15. The van der Waals surface area contributed by atoms with E-state index in [-0.39, 0.29) is 17.2 Å². The summed E-state index contributed by atoms with van der Waals surface area (Å²) in [5, 5.41) is 0. The molecule has 0 aliphatic carbocycles. The number of Topliss-reactive ketones (excluding diaryl/α,β-unsaturated/α-hetero) is 1. The minimum atomic E-state index is -0.286. The monoisotopic (exact) mass is 173 g/mol. The molecule has 0 saturated carbocycles. The van der Waals surface area contributed by atoms with Gasteiger partial charge in [0.1, 0.15) is 5.78 Å². The van der Waals surface area contributed by atoms with Crippen molar-refractivity contribution in [1.82, 2.24) is 0 Å². The quantitative estimate of drug-likeness (QED) is 0.689. The molecule has 0 aliphatic heterocycles. The topological polar surface area (TPSA) is 52.3 Å². The Morgan fingerprint density at radius 3 is 2.33 bits per heavy atom. The van der Waals surface area contributed by atoms with Crippen molar-refractivity contribution in [3.8, 4) is 0 Å². The number of ketones is 1. The molecule has 0 saturated heterocycles. The molecule has 0 aromatic carbocycles. The Bertz CT molecular complexity index is 149. The molecule has 0 heterocycles. The summed E-state index contributed by atoms with van der Waals surface area (Å²) in [5.74, 6) is 0.187. The molecule has 0 aromatic heterocycles. The van der Waals surface area contributed by atoms with E-state index in [1.54, 1.807) is 7.11 Å². The summed E-state index contributed by atoms with van der Waals surface area (Å²) in [5.41, 5.74) is 5.35. The van der Waals surface area contributed by atoms with Crippen LogP contribution in [-0.4, -0.2) is 25.5 Å². The van der Waals surface area contributed by atoms with Gasteiger partial charge in [0.05, 0.1) is 6.61 Å². The van der Waals surface area contributed by atoms with Crippen LogP contribution in [-0.2, 0) is 9.53 Å². The molecule has 3 nitrogen and oxygen atoms in total. The molecule has 2 N–H and O–H groups in total. The third-order valence-electron chi connectivity index (χ3n) is 1.66. The average molecular weight is 173 g/mol. The molecule has 72 valence electrons. The van der Waals surface area contributed by atoms with E-state index in [2.05, 4.69) is 0 Å². The average Bonchev–Trinajstić information content (AvgIpc) is 1.85. The number of rotatable bonds is 4. The second kappa shape index (κ2) is 4.58. The lowest BCUT2D eigenvalue weighted by Gasteiger charge is -2.19. The van der Waals surface area contributed by atoms with Gasteiger partial charge in [-0.1, -0.05) is 20.8 Å². The van der Waals surface area contributed by atoms with Gasteiger partial charge in [0.15, 0.2) is 0 Å². The fraction of sp³-hybridized carbons (Fsp3) is 0.889. The van der Waals surface area contributed by atoms with Crippen LogP contribution in [0.3, 0.4) is 0 Å². The standard InChI is InChI=1S/C9H19NO2/c1-9(2,3)8(11)5-7(10)6-12-4/h7H,5-6,10H2,1-4H3. The first-order chi connectivity index (χ1) is 5.38. The maximum atomic E-state index is 11.4. The van der Waals surface area contributed by atoms with E-state index in [1.807, 2.05) is 20.8 Å². The molecule has 0 aromatic rings. The van der Waals surface area contributed by atoms with Crippen molar-refractivity contribution in [3.63, 3.8) is 0 Å². The zero-order valence-corrected chi connectivity index (χ0v) is 8.39.